The predicted molar refractivity (Wildman–Crippen MR) is 172 cm³/mol. The molecule has 2 N–H and O–H groups in total. The molecule has 8 nitrogen and oxygen atoms in total. The highest BCUT2D eigenvalue weighted by Crippen LogP contribution is 2.42. The van der Waals surface area contributed by atoms with E-state index in [4.69, 9.17) is 4.98 Å². The van der Waals surface area contributed by atoms with Crippen LogP contribution in [0, 0.1) is 13.8 Å². The average Bonchev–Trinajstić information content (AvgIpc) is 3.65. The standard InChI is InChI=1S/C34H37N7O/c1-6-30(42)37-29-18-25(9-8-22(29)3)32-31-23(4)28(26-19-36-41(7-2)21-26)20-35-34(31)38-33(32)24-10-12-27(13-11-24)40-16-14-39(5)15-17-40/h6,8-13,18-21H,1,7,14-17H2,2-5H3,(H,35,38)(H,37,42). The van der Waals surface area contributed by atoms with E-state index in [1.807, 2.05) is 36.1 Å². The van der Waals surface area contributed by atoms with Crippen LogP contribution in [0.25, 0.3) is 44.5 Å². The third-order valence-electron chi connectivity index (χ3n) is 8.34. The van der Waals surface area contributed by atoms with Crippen molar-refractivity contribution in [1.82, 2.24) is 24.6 Å². The van der Waals surface area contributed by atoms with Crippen LogP contribution in [0.5, 0.6) is 0 Å². The number of fused-ring (bicyclic) bond motifs is 1. The van der Waals surface area contributed by atoms with Gasteiger partial charge in [-0.05, 0) is 74.3 Å². The summed E-state index contributed by atoms with van der Waals surface area (Å²) in [5, 5.41) is 8.53. The molecule has 0 saturated carbocycles. The van der Waals surface area contributed by atoms with Crippen LogP contribution < -0.4 is 10.2 Å². The van der Waals surface area contributed by atoms with Gasteiger partial charge >= 0.3 is 0 Å². The number of amides is 1. The molecule has 6 rings (SSSR count). The highest BCUT2D eigenvalue weighted by Gasteiger charge is 2.22. The van der Waals surface area contributed by atoms with E-state index in [9.17, 15) is 4.79 Å². The third-order valence-corrected chi connectivity index (χ3v) is 8.34. The molecule has 1 aliphatic rings. The zero-order valence-corrected chi connectivity index (χ0v) is 24.7. The van der Waals surface area contributed by atoms with Crippen molar-refractivity contribution in [3.63, 3.8) is 0 Å². The Labute approximate surface area is 246 Å². The molecule has 1 saturated heterocycles. The molecular formula is C34H37N7O. The number of carbonyl (C=O) groups is 1. The van der Waals surface area contributed by atoms with E-state index < -0.39 is 0 Å². The second-order valence-corrected chi connectivity index (χ2v) is 11.0. The third kappa shape index (κ3) is 5.10. The lowest BCUT2D eigenvalue weighted by atomic mass is 9.93. The Morgan fingerprint density at radius 1 is 1.02 bits per heavy atom. The summed E-state index contributed by atoms with van der Waals surface area (Å²) in [7, 11) is 2.18. The molecule has 3 aromatic heterocycles. The molecule has 42 heavy (non-hydrogen) atoms. The number of aromatic amines is 1. The fourth-order valence-electron chi connectivity index (χ4n) is 5.78. The molecule has 0 bridgehead atoms. The molecule has 1 amide bonds. The van der Waals surface area contributed by atoms with Gasteiger partial charge in [0.15, 0.2) is 0 Å². The second kappa shape index (κ2) is 11.3. The van der Waals surface area contributed by atoms with Gasteiger partial charge in [0, 0.05) is 78.6 Å². The molecule has 5 aromatic rings. The molecule has 2 aromatic carbocycles. The van der Waals surface area contributed by atoms with Crippen molar-refractivity contribution >= 4 is 28.3 Å². The number of pyridine rings is 1. The summed E-state index contributed by atoms with van der Waals surface area (Å²) in [6.07, 6.45) is 7.19. The lowest BCUT2D eigenvalue weighted by Gasteiger charge is -2.34. The predicted octanol–water partition coefficient (Wildman–Crippen LogP) is 6.27. The van der Waals surface area contributed by atoms with Crippen LogP contribution in [0.2, 0.25) is 0 Å². The van der Waals surface area contributed by atoms with E-state index in [0.717, 1.165) is 94.1 Å². The normalized spacial score (nSPS) is 14.0. The number of hydrogen-bond acceptors (Lipinski definition) is 5. The number of likely N-dealkylation sites (N-methyl/N-ethyl adjacent to an activating group) is 1. The van der Waals surface area contributed by atoms with Crippen molar-refractivity contribution in [3.8, 4) is 33.5 Å². The van der Waals surface area contributed by atoms with Crippen molar-refractivity contribution in [3.05, 3.63) is 84.8 Å². The molecule has 0 aliphatic carbocycles. The zero-order valence-electron chi connectivity index (χ0n) is 24.7. The molecule has 0 spiro atoms. The fourth-order valence-corrected chi connectivity index (χ4v) is 5.78. The molecule has 0 atom stereocenters. The van der Waals surface area contributed by atoms with Gasteiger partial charge in [-0.2, -0.15) is 5.10 Å². The monoisotopic (exact) mass is 559 g/mol. The van der Waals surface area contributed by atoms with Gasteiger partial charge in [0.05, 0.1) is 11.9 Å². The first-order chi connectivity index (χ1) is 20.4. The van der Waals surface area contributed by atoms with Gasteiger partial charge in [-0.25, -0.2) is 4.98 Å². The van der Waals surface area contributed by atoms with E-state index in [0.29, 0.717) is 0 Å². The molecule has 8 heteroatoms. The number of H-pyrrole nitrogens is 1. The summed E-state index contributed by atoms with van der Waals surface area (Å²) < 4.78 is 1.93. The lowest BCUT2D eigenvalue weighted by molar-refractivity contribution is -0.111. The van der Waals surface area contributed by atoms with Crippen LogP contribution in [0.3, 0.4) is 0 Å². The number of nitrogens with one attached hydrogen (secondary N) is 2. The van der Waals surface area contributed by atoms with Crippen molar-refractivity contribution in [2.45, 2.75) is 27.3 Å². The molecule has 4 heterocycles. The average molecular weight is 560 g/mol. The summed E-state index contributed by atoms with van der Waals surface area (Å²) >= 11 is 0. The number of rotatable bonds is 7. The summed E-state index contributed by atoms with van der Waals surface area (Å²) in [5.41, 5.74) is 11.1. The number of nitrogens with zero attached hydrogens (tertiary/aromatic N) is 5. The van der Waals surface area contributed by atoms with Crippen LogP contribution in [0.4, 0.5) is 11.4 Å². The van der Waals surface area contributed by atoms with E-state index in [1.165, 1.54) is 11.8 Å². The van der Waals surface area contributed by atoms with Gasteiger partial charge in [-0.15, -0.1) is 0 Å². The van der Waals surface area contributed by atoms with Gasteiger partial charge in [0.25, 0.3) is 0 Å². The SMILES string of the molecule is C=CC(=O)Nc1cc(-c2c(-c3ccc(N4CCN(C)CC4)cc3)[nH]c3ncc(-c4cnn(CC)c4)c(C)c23)ccc1C. The Kier molecular flexibility index (Phi) is 7.39. The highest BCUT2D eigenvalue weighted by molar-refractivity contribution is 6.07. The lowest BCUT2D eigenvalue weighted by Crippen LogP contribution is -2.44. The minimum Gasteiger partial charge on any atom is -0.369 e. The number of aromatic nitrogens is 4. The zero-order chi connectivity index (χ0) is 29.4. The number of hydrogen-bond donors (Lipinski definition) is 2. The van der Waals surface area contributed by atoms with Crippen molar-refractivity contribution in [2.24, 2.45) is 0 Å². The maximum atomic E-state index is 12.2. The first kappa shape index (κ1) is 27.5. The maximum Gasteiger partial charge on any atom is 0.247 e. The Morgan fingerprint density at radius 3 is 2.45 bits per heavy atom. The van der Waals surface area contributed by atoms with Crippen LogP contribution in [-0.2, 0) is 11.3 Å². The maximum absolute atomic E-state index is 12.2. The molecule has 0 unspecified atom stereocenters. The Balaban J connectivity index is 1.52. The second-order valence-electron chi connectivity index (χ2n) is 11.0. The number of benzene rings is 2. The van der Waals surface area contributed by atoms with Gasteiger partial charge in [0.1, 0.15) is 5.65 Å². The Morgan fingerprint density at radius 2 is 1.76 bits per heavy atom. The van der Waals surface area contributed by atoms with Crippen LogP contribution in [0.15, 0.2) is 73.7 Å². The minimum absolute atomic E-state index is 0.234. The summed E-state index contributed by atoms with van der Waals surface area (Å²) in [4.78, 5) is 25.6. The van der Waals surface area contributed by atoms with Crippen LogP contribution in [0.1, 0.15) is 18.1 Å². The Bertz CT molecular complexity index is 1770. The number of anilines is 2. The number of aryl methyl sites for hydroxylation is 3. The van der Waals surface area contributed by atoms with Gasteiger partial charge < -0.3 is 20.1 Å². The van der Waals surface area contributed by atoms with Gasteiger partial charge in [0.2, 0.25) is 5.91 Å². The smallest absolute Gasteiger partial charge is 0.247 e. The van der Waals surface area contributed by atoms with E-state index >= 15 is 0 Å². The first-order valence-electron chi connectivity index (χ1n) is 14.5. The summed E-state index contributed by atoms with van der Waals surface area (Å²) in [6.45, 7) is 14.8. The van der Waals surface area contributed by atoms with Crippen molar-refractivity contribution in [2.75, 3.05) is 43.4 Å². The topological polar surface area (TPSA) is 82.1 Å². The largest absolute Gasteiger partial charge is 0.369 e. The van der Waals surface area contributed by atoms with E-state index in [2.05, 4.69) is 89.2 Å². The van der Waals surface area contributed by atoms with Crippen LogP contribution in [-0.4, -0.2) is 63.8 Å². The molecule has 214 valence electrons. The summed E-state index contributed by atoms with van der Waals surface area (Å²) in [6, 6.07) is 15.0. The molecule has 1 aliphatic heterocycles. The minimum atomic E-state index is -0.234. The first-order valence-corrected chi connectivity index (χ1v) is 14.5. The molecule has 1 fully saturated rings. The quantitative estimate of drug-likeness (QED) is 0.230. The van der Waals surface area contributed by atoms with E-state index in [-0.39, 0.29) is 5.91 Å². The van der Waals surface area contributed by atoms with E-state index in [1.54, 1.807) is 0 Å². The van der Waals surface area contributed by atoms with Gasteiger partial charge in [-0.1, -0.05) is 30.8 Å². The summed E-state index contributed by atoms with van der Waals surface area (Å²) in [5.74, 6) is -0.234. The Hall–Kier alpha value is -4.69. The van der Waals surface area contributed by atoms with Crippen molar-refractivity contribution in [1.29, 1.82) is 0 Å². The number of carbonyl (C=O) groups excluding carboxylic acids is 1. The highest BCUT2D eigenvalue weighted by atomic mass is 16.1. The van der Waals surface area contributed by atoms with Crippen LogP contribution >= 0.6 is 0 Å². The van der Waals surface area contributed by atoms with Crippen molar-refractivity contribution < 1.29 is 4.79 Å². The molecule has 0 radical (unpaired) electrons. The molecular weight excluding hydrogens is 522 g/mol. The fraction of sp³-hybridized carbons (Fsp3) is 0.265. The number of piperazine rings is 1. The van der Waals surface area contributed by atoms with Gasteiger partial charge in [-0.3, -0.25) is 9.48 Å².